The SMILES string of the molecule is CS(=O)(=O)c1cccc(S(=O)(=O)N2CCC3=Cc4c(cnn4-c4ccc(F)cc4)CC3(C(=O)c3ccccn3)C2)c1. The van der Waals surface area contributed by atoms with Crippen LogP contribution in [0, 0.1) is 11.2 Å². The first-order valence-corrected chi connectivity index (χ1v) is 16.1. The summed E-state index contributed by atoms with van der Waals surface area (Å²) in [5, 5.41) is 4.50. The molecule has 9 nitrogen and oxygen atoms in total. The molecule has 1 unspecified atom stereocenters. The zero-order valence-electron chi connectivity index (χ0n) is 21.9. The Morgan fingerprint density at radius 2 is 1.73 bits per heavy atom. The number of piperidine rings is 1. The molecule has 1 fully saturated rings. The number of rotatable bonds is 6. The van der Waals surface area contributed by atoms with E-state index in [0.29, 0.717) is 5.69 Å². The van der Waals surface area contributed by atoms with Crippen molar-refractivity contribution in [3.8, 4) is 5.69 Å². The van der Waals surface area contributed by atoms with E-state index < -0.39 is 25.3 Å². The number of ketones is 1. The molecule has 0 spiro atoms. The van der Waals surface area contributed by atoms with Crippen molar-refractivity contribution < 1.29 is 26.0 Å². The topological polar surface area (TPSA) is 119 Å². The van der Waals surface area contributed by atoms with Gasteiger partial charge in [-0.05, 0) is 79.1 Å². The Kier molecular flexibility index (Phi) is 6.51. The van der Waals surface area contributed by atoms with Gasteiger partial charge in [-0.15, -0.1) is 0 Å². The lowest BCUT2D eigenvalue weighted by molar-refractivity contribution is 0.0770. The van der Waals surface area contributed by atoms with Crippen molar-refractivity contribution in [2.75, 3.05) is 19.3 Å². The lowest BCUT2D eigenvalue weighted by Gasteiger charge is -2.44. The van der Waals surface area contributed by atoms with Crippen LogP contribution >= 0.6 is 0 Å². The summed E-state index contributed by atoms with van der Waals surface area (Å²) in [6, 6.07) is 16.2. The molecule has 2 aromatic carbocycles. The summed E-state index contributed by atoms with van der Waals surface area (Å²) in [7, 11) is -7.79. The highest BCUT2D eigenvalue weighted by Gasteiger charge is 2.51. The predicted octanol–water partition coefficient (Wildman–Crippen LogP) is 3.71. The van der Waals surface area contributed by atoms with Crippen LogP contribution in [0.2, 0.25) is 0 Å². The monoisotopic (exact) mass is 592 g/mol. The van der Waals surface area contributed by atoms with Crippen LogP contribution < -0.4 is 0 Å². The first kappa shape index (κ1) is 27.2. The molecule has 0 bridgehead atoms. The number of hydrogen-bond donors (Lipinski definition) is 0. The molecule has 2 aliphatic rings. The van der Waals surface area contributed by atoms with Gasteiger partial charge >= 0.3 is 0 Å². The normalized spacial score (nSPS) is 19.2. The Labute approximate surface area is 236 Å². The third kappa shape index (κ3) is 4.71. The largest absolute Gasteiger partial charge is 0.291 e. The average Bonchev–Trinajstić information content (AvgIpc) is 3.38. The van der Waals surface area contributed by atoms with Gasteiger partial charge in [-0.3, -0.25) is 9.78 Å². The van der Waals surface area contributed by atoms with E-state index in [2.05, 4.69) is 10.1 Å². The van der Waals surface area contributed by atoms with E-state index in [4.69, 9.17) is 0 Å². The summed E-state index contributed by atoms with van der Waals surface area (Å²) in [5.41, 5.74) is 1.84. The Hall–Kier alpha value is -4.00. The lowest BCUT2D eigenvalue weighted by Crippen LogP contribution is -2.53. The van der Waals surface area contributed by atoms with Crippen molar-refractivity contribution in [1.29, 1.82) is 0 Å². The second-order valence-electron chi connectivity index (χ2n) is 10.3. The highest BCUT2D eigenvalue weighted by molar-refractivity contribution is 7.91. The third-order valence-corrected chi connectivity index (χ3v) is 10.6. The molecule has 1 aliphatic carbocycles. The number of sulfone groups is 1. The molecule has 1 aliphatic heterocycles. The van der Waals surface area contributed by atoms with E-state index >= 15 is 0 Å². The third-order valence-electron chi connectivity index (χ3n) is 7.66. The number of benzene rings is 2. The maximum absolute atomic E-state index is 14.2. The molecule has 0 radical (unpaired) electrons. The molecule has 0 N–H and O–H groups in total. The smallest absolute Gasteiger partial charge is 0.243 e. The summed E-state index contributed by atoms with van der Waals surface area (Å²) < 4.78 is 68.4. The molecule has 3 heterocycles. The first-order valence-electron chi connectivity index (χ1n) is 12.8. The minimum atomic E-state index is -4.16. The van der Waals surface area contributed by atoms with Crippen LogP contribution in [-0.2, 0) is 26.3 Å². The van der Waals surface area contributed by atoms with E-state index in [1.54, 1.807) is 41.2 Å². The van der Waals surface area contributed by atoms with Gasteiger partial charge in [-0.1, -0.05) is 17.7 Å². The van der Waals surface area contributed by atoms with E-state index in [1.807, 2.05) is 6.08 Å². The van der Waals surface area contributed by atoms with Crippen LogP contribution in [0.15, 0.2) is 94.5 Å². The van der Waals surface area contributed by atoms with Crippen molar-refractivity contribution in [2.45, 2.75) is 22.6 Å². The zero-order chi connectivity index (χ0) is 29.0. The first-order chi connectivity index (χ1) is 19.5. The van der Waals surface area contributed by atoms with E-state index in [9.17, 15) is 26.0 Å². The van der Waals surface area contributed by atoms with Gasteiger partial charge in [0.1, 0.15) is 11.5 Å². The zero-order valence-corrected chi connectivity index (χ0v) is 23.6. The number of pyridine rings is 1. The Morgan fingerprint density at radius 1 is 0.976 bits per heavy atom. The molecule has 1 atom stereocenters. The summed E-state index contributed by atoms with van der Waals surface area (Å²) in [4.78, 5) is 18.2. The van der Waals surface area contributed by atoms with E-state index in [1.165, 1.54) is 40.8 Å². The van der Waals surface area contributed by atoms with Crippen molar-refractivity contribution >= 4 is 31.7 Å². The fourth-order valence-corrected chi connectivity index (χ4v) is 7.85. The molecule has 4 aromatic rings. The van der Waals surface area contributed by atoms with Crippen LogP contribution in [0.4, 0.5) is 4.39 Å². The second-order valence-corrected chi connectivity index (χ2v) is 14.2. The van der Waals surface area contributed by atoms with Crippen LogP contribution in [-0.4, -0.2) is 61.0 Å². The van der Waals surface area contributed by atoms with Crippen molar-refractivity contribution in [1.82, 2.24) is 19.1 Å². The van der Waals surface area contributed by atoms with Crippen molar-refractivity contribution in [3.05, 3.63) is 107 Å². The molecule has 41 heavy (non-hydrogen) atoms. The number of Topliss-reactive ketones (excluding diaryl/α,β-unsaturated/α-hetero) is 1. The predicted molar refractivity (Wildman–Crippen MR) is 149 cm³/mol. The minimum absolute atomic E-state index is 0.0918. The van der Waals surface area contributed by atoms with Crippen LogP contribution in [0.1, 0.15) is 28.2 Å². The second kappa shape index (κ2) is 9.82. The summed E-state index contributed by atoms with van der Waals surface area (Å²) in [5.74, 6) is -0.682. The number of aromatic nitrogens is 3. The summed E-state index contributed by atoms with van der Waals surface area (Å²) in [6.45, 7) is -0.0601. The van der Waals surface area contributed by atoms with Gasteiger partial charge in [-0.2, -0.15) is 9.40 Å². The molecule has 2 aromatic heterocycles. The van der Waals surface area contributed by atoms with Gasteiger partial charge in [0.2, 0.25) is 10.0 Å². The van der Waals surface area contributed by atoms with E-state index in [-0.39, 0.29) is 53.0 Å². The fourth-order valence-electron chi connectivity index (χ4n) is 5.57. The van der Waals surface area contributed by atoms with Gasteiger partial charge in [0, 0.05) is 25.5 Å². The molecule has 6 rings (SSSR count). The molecule has 12 heteroatoms. The van der Waals surface area contributed by atoms with E-state index in [0.717, 1.165) is 29.2 Å². The minimum Gasteiger partial charge on any atom is -0.291 e. The number of carbonyl (C=O) groups is 1. The number of sulfonamides is 1. The quantitative estimate of drug-likeness (QED) is 0.313. The number of fused-ring (bicyclic) bond motifs is 2. The number of nitrogens with zero attached hydrogens (tertiary/aromatic N) is 4. The van der Waals surface area contributed by atoms with Crippen LogP contribution in [0.3, 0.4) is 0 Å². The average molecular weight is 593 g/mol. The van der Waals surface area contributed by atoms with Gasteiger partial charge < -0.3 is 0 Å². The highest BCUT2D eigenvalue weighted by atomic mass is 32.2. The maximum Gasteiger partial charge on any atom is 0.243 e. The fraction of sp³-hybridized carbons (Fsp3) is 0.207. The molecule has 1 saturated heterocycles. The van der Waals surface area contributed by atoms with Gasteiger partial charge in [0.15, 0.2) is 15.6 Å². The highest BCUT2D eigenvalue weighted by Crippen LogP contribution is 2.47. The molecule has 0 amide bonds. The molecular weight excluding hydrogens is 567 g/mol. The number of halogens is 1. The van der Waals surface area contributed by atoms with Crippen LogP contribution in [0.5, 0.6) is 0 Å². The van der Waals surface area contributed by atoms with Crippen molar-refractivity contribution in [3.63, 3.8) is 0 Å². The molecular formula is C29H25FN4O5S2. The van der Waals surface area contributed by atoms with Crippen molar-refractivity contribution in [2.24, 2.45) is 5.41 Å². The number of hydrogen-bond acceptors (Lipinski definition) is 7. The summed E-state index contributed by atoms with van der Waals surface area (Å²) in [6.07, 6.45) is 6.50. The molecule has 210 valence electrons. The van der Waals surface area contributed by atoms with Gasteiger partial charge in [-0.25, -0.2) is 25.9 Å². The van der Waals surface area contributed by atoms with Crippen LogP contribution in [0.25, 0.3) is 11.8 Å². The Morgan fingerprint density at radius 3 is 2.44 bits per heavy atom. The maximum atomic E-state index is 14.2. The lowest BCUT2D eigenvalue weighted by atomic mass is 9.65. The van der Waals surface area contributed by atoms with Gasteiger partial charge in [0.05, 0.1) is 32.8 Å². The number of carbonyl (C=O) groups excluding carboxylic acids is 1. The summed E-state index contributed by atoms with van der Waals surface area (Å²) >= 11 is 0. The molecule has 0 saturated carbocycles. The Balaban J connectivity index is 1.44. The van der Waals surface area contributed by atoms with Gasteiger partial charge in [0.25, 0.3) is 0 Å². The standard InChI is InChI=1S/C29H25FN4O5S2/c1-40(36,37)24-5-4-6-25(16-24)41(38,39)33-14-12-21-15-27-20(18-32-34(27)23-10-8-22(30)9-11-23)17-29(21,19-33)28(35)26-7-2-3-13-31-26/h2-11,13,15-16,18H,12,14,17,19H2,1H3. The Bertz CT molecular complexity index is 1920.